The summed E-state index contributed by atoms with van der Waals surface area (Å²) < 4.78 is 0. The zero-order valence-corrected chi connectivity index (χ0v) is 8.31. The number of benzene rings is 1. The van der Waals surface area contributed by atoms with Gasteiger partial charge < -0.3 is 10.4 Å². The van der Waals surface area contributed by atoms with Crippen LogP contribution < -0.4 is 5.32 Å². The van der Waals surface area contributed by atoms with Crippen molar-refractivity contribution in [1.29, 1.82) is 0 Å². The summed E-state index contributed by atoms with van der Waals surface area (Å²) in [6.07, 6.45) is 4.86. The lowest BCUT2D eigenvalue weighted by Gasteiger charge is -2.19. The topological polar surface area (TPSA) is 49.3 Å². The van der Waals surface area contributed by atoms with E-state index in [0.29, 0.717) is 5.56 Å². The molecular weight excluding hydrogens is 190 g/mol. The molecule has 2 rings (SSSR count). The van der Waals surface area contributed by atoms with E-state index in [1.165, 1.54) is 0 Å². The van der Waals surface area contributed by atoms with Gasteiger partial charge in [0.2, 0.25) is 0 Å². The van der Waals surface area contributed by atoms with E-state index in [9.17, 15) is 4.79 Å². The Morgan fingerprint density at radius 2 is 2.20 bits per heavy atom. The number of carboxylic acids is 1. The Bertz CT molecular complexity index is 398. The summed E-state index contributed by atoms with van der Waals surface area (Å²) in [5.74, 6) is -0.629. The Labute approximate surface area is 88.4 Å². The van der Waals surface area contributed by atoms with Gasteiger partial charge in [-0.3, -0.25) is 0 Å². The molecule has 0 radical (unpaired) electrons. The smallest absolute Gasteiger partial charge is 0.335 e. The van der Waals surface area contributed by atoms with Crippen molar-refractivity contribution < 1.29 is 9.90 Å². The molecule has 1 aliphatic rings. The van der Waals surface area contributed by atoms with Crippen LogP contribution in [0.25, 0.3) is 0 Å². The van der Waals surface area contributed by atoms with E-state index >= 15 is 0 Å². The summed E-state index contributed by atoms with van der Waals surface area (Å²) >= 11 is 0. The second-order valence-electron chi connectivity index (χ2n) is 3.60. The molecule has 1 atom stereocenters. The quantitative estimate of drug-likeness (QED) is 0.772. The molecule has 3 nitrogen and oxygen atoms in total. The highest BCUT2D eigenvalue weighted by Crippen LogP contribution is 2.25. The van der Waals surface area contributed by atoms with Crippen LogP contribution in [0.3, 0.4) is 0 Å². The van der Waals surface area contributed by atoms with Crippen LogP contribution in [-0.2, 0) is 0 Å². The van der Waals surface area contributed by atoms with E-state index in [2.05, 4.69) is 5.32 Å². The highest BCUT2D eigenvalue weighted by molar-refractivity contribution is 5.89. The van der Waals surface area contributed by atoms with Crippen LogP contribution in [0.2, 0.25) is 0 Å². The van der Waals surface area contributed by atoms with Gasteiger partial charge in [-0.05, 0) is 24.3 Å². The van der Waals surface area contributed by atoms with Gasteiger partial charge >= 0.3 is 5.97 Å². The number of carbonyl (C=O) groups is 1. The van der Waals surface area contributed by atoms with Gasteiger partial charge in [0.25, 0.3) is 0 Å². The maximum absolute atomic E-state index is 11.0. The number of rotatable bonds is 2. The number of nitrogens with one attached hydrogen (secondary N) is 1. The van der Waals surface area contributed by atoms with Crippen molar-refractivity contribution in [2.75, 3.05) is 6.54 Å². The molecule has 2 N–H and O–H groups in total. The first-order valence-corrected chi connectivity index (χ1v) is 5.01. The normalized spacial score (nSPS) is 19.6. The van der Waals surface area contributed by atoms with Crippen LogP contribution in [0.15, 0.2) is 36.5 Å². The summed E-state index contributed by atoms with van der Waals surface area (Å²) in [7, 11) is 0. The minimum atomic E-state index is -0.850. The highest BCUT2D eigenvalue weighted by Gasteiger charge is 2.17. The average molecular weight is 203 g/mol. The maximum Gasteiger partial charge on any atom is 0.335 e. The van der Waals surface area contributed by atoms with Gasteiger partial charge in [0.1, 0.15) is 0 Å². The predicted molar refractivity (Wildman–Crippen MR) is 57.9 cm³/mol. The Morgan fingerprint density at radius 1 is 1.40 bits per heavy atom. The molecule has 1 aromatic carbocycles. The molecule has 0 bridgehead atoms. The summed E-state index contributed by atoms with van der Waals surface area (Å²) in [6.45, 7) is 0.898. The molecule has 0 aromatic heterocycles. The Balaban J connectivity index is 2.37. The Kier molecular flexibility index (Phi) is 2.72. The van der Waals surface area contributed by atoms with E-state index in [1.54, 1.807) is 12.1 Å². The number of carboxylic acid groups (broad SMARTS) is 1. The lowest BCUT2D eigenvalue weighted by Crippen LogP contribution is -2.17. The third-order valence-electron chi connectivity index (χ3n) is 2.64. The third kappa shape index (κ3) is 2.01. The molecule has 0 spiro atoms. The van der Waals surface area contributed by atoms with E-state index in [-0.39, 0.29) is 5.92 Å². The monoisotopic (exact) mass is 203 g/mol. The van der Waals surface area contributed by atoms with E-state index < -0.39 is 5.97 Å². The van der Waals surface area contributed by atoms with Crippen LogP contribution in [0.5, 0.6) is 0 Å². The fourth-order valence-corrected chi connectivity index (χ4v) is 1.88. The van der Waals surface area contributed by atoms with Gasteiger partial charge in [0.15, 0.2) is 0 Å². The van der Waals surface area contributed by atoms with Gasteiger partial charge in [0.05, 0.1) is 5.56 Å². The van der Waals surface area contributed by atoms with Crippen LogP contribution in [0.4, 0.5) is 0 Å². The second-order valence-corrected chi connectivity index (χ2v) is 3.60. The standard InChI is InChI=1S/C12H13NO2/c14-12(15)11-4-2-1-3-10(11)9-5-7-13-8-6-9/h1-5,7,9,13H,6,8H2,(H,14,15). The molecule has 0 fully saturated rings. The zero-order valence-electron chi connectivity index (χ0n) is 8.31. The molecule has 3 heteroatoms. The SMILES string of the molecule is O=C(O)c1ccccc1C1C=CNCC1. The maximum atomic E-state index is 11.0. The minimum absolute atomic E-state index is 0.221. The Hall–Kier alpha value is -1.77. The fourth-order valence-electron chi connectivity index (χ4n) is 1.88. The summed E-state index contributed by atoms with van der Waals surface area (Å²) in [6, 6.07) is 7.20. The minimum Gasteiger partial charge on any atom is -0.478 e. The van der Waals surface area contributed by atoms with Gasteiger partial charge in [-0.15, -0.1) is 0 Å². The lowest BCUT2D eigenvalue weighted by atomic mass is 9.90. The molecule has 1 heterocycles. The molecule has 78 valence electrons. The molecule has 0 saturated heterocycles. The van der Waals surface area contributed by atoms with Crippen molar-refractivity contribution in [2.24, 2.45) is 0 Å². The fraction of sp³-hybridized carbons (Fsp3) is 0.250. The van der Waals surface area contributed by atoms with Gasteiger partial charge in [-0.25, -0.2) is 4.79 Å². The number of allylic oxidation sites excluding steroid dienone is 1. The van der Waals surface area contributed by atoms with Crippen LogP contribution in [0.1, 0.15) is 28.3 Å². The number of aromatic carboxylic acids is 1. The van der Waals surface area contributed by atoms with Gasteiger partial charge in [0, 0.05) is 12.5 Å². The van der Waals surface area contributed by atoms with Gasteiger partial charge in [-0.1, -0.05) is 24.3 Å². The molecule has 0 amide bonds. The zero-order chi connectivity index (χ0) is 10.7. The van der Waals surface area contributed by atoms with Crippen LogP contribution in [0, 0.1) is 0 Å². The van der Waals surface area contributed by atoms with Crippen LogP contribution >= 0.6 is 0 Å². The summed E-state index contributed by atoms with van der Waals surface area (Å²) in [5.41, 5.74) is 1.32. The van der Waals surface area contributed by atoms with Crippen molar-refractivity contribution >= 4 is 5.97 Å². The van der Waals surface area contributed by atoms with Crippen molar-refractivity contribution in [1.82, 2.24) is 5.32 Å². The van der Waals surface area contributed by atoms with Crippen molar-refractivity contribution in [3.63, 3.8) is 0 Å². The average Bonchev–Trinajstić information content (AvgIpc) is 2.30. The first kappa shape index (κ1) is 9.77. The van der Waals surface area contributed by atoms with E-state index in [4.69, 9.17) is 5.11 Å². The largest absolute Gasteiger partial charge is 0.478 e. The van der Waals surface area contributed by atoms with Crippen molar-refractivity contribution in [3.8, 4) is 0 Å². The molecule has 15 heavy (non-hydrogen) atoms. The van der Waals surface area contributed by atoms with Gasteiger partial charge in [-0.2, -0.15) is 0 Å². The molecular formula is C12H13NO2. The predicted octanol–water partition coefficient (Wildman–Crippen LogP) is 1.98. The molecule has 1 aromatic rings. The summed E-state index contributed by atoms with van der Waals surface area (Å²) in [5, 5.41) is 12.2. The second kappa shape index (κ2) is 4.17. The number of hydrogen-bond donors (Lipinski definition) is 2. The summed E-state index contributed by atoms with van der Waals surface area (Å²) in [4.78, 5) is 11.0. The highest BCUT2D eigenvalue weighted by atomic mass is 16.4. The molecule has 0 saturated carbocycles. The van der Waals surface area contributed by atoms with Crippen LogP contribution in [-0.4, -0.2) is 17.6 Å². The first-order chi connectivity index (χ1) is 7.29. The molecule has 1 aliphatic heterocycles. The van der Waals surface area contributed by atoms with Crippen molar-refractivity contribution in [3.05, 3.63) is 47.7 Å². The van der Waals surface area contributed by atoms with E-state index in [0.717, 1.165) is 18.5 Å². The third-order valence-corrected chi connectivity index (χ3v) is 2.64. The lowest BCUT2D eigenvalue weighted by molar-refractivity contribution is 0.0695. The Morgan fingerprint density at radius 3 is 2.87 bits per heavy atom. The molecule has 1 unspecified atom stereocenters. The molecule has 0 aliphatic carbocycles. The van der Waals surface area contributed by atoms with E-state index in [1.807, 2.05) is 24.4 Å². The number of hydrogen-bond acceptors (Lipinski definition) is 2. The van der Waals surface area contributed by atoms with Crippen molar-refractivity contribution in [2.45, 2.75) is 12.3 Å². The first-order valence-electron chi connectivity index (χ1n) is 5.01.